The minimum atomic E-state index is 0.629. The molecule has 0 amide bonds. The average Bonchev–Trinajstić information content (AvgIpc) is 2.65. The zero-order valence-electron chi connectivity index (χ0n) is 9.07. The molecule has 0 aromatic heterocycles. The molecule has 0 bridgehead atoms. The van der Waals surface area contributed by atoms with Crippen molar-refractivity contribution < 1.29 is 0 Å². The molecular formula is C12H18N2S. The van der Waals surface area contributed by atoms with Crippen LogP contribution in [0.15, 0.2) is 24.3 Å². The number of nitrogens with two attached hydrogens (primary N) is 1. The fourth-order valence-electron chi connectivity index (χ4n) is 2.15. The van der Waals surface area contributed by atoms with Crippen LogP contribution in [0.5, 0.6) is 0 Å². The number of rotatable bonds is 3. The minimum absolute atomic E-state index is 0.629. The molecule has 0 heterocycles. The lowest BCUT2D eigenvalue weighted by Crippen LogP contribution is -2.15. The van der Waals surface area contributed by atoms with Gasteiger partial charge in [0, 0.05) is 22.7 Å². The highest BCUT2D eigenvalue weighted by atomic mass is 32.2. The van der Waals surface area contributed by atoms with E-state index in [9.17, 15) is 0 Å². The Kier molecular flexibility index (Phi) is 3.41. The van der Waals surface area contributed by atoms with Gasteiger partial charge in [0.1, 0.15) is 0 Å². The number of benzene rings is 1. The third-order valence-corrected chi connectivity index (χ3v) is 4.07. The van der Waals surface area contributed by atoms with E-state index in [1.165, 1.54) is 19.3 Å². The Balaban J connectivity index is 1.92. The molecule has 2 unspecified atom stereocenters. The standard InChI is InChI=1S/C12H18N2S/c1-15-12-6-5-11(8-12)14-10-4-2-3-9(13)7-10/h2-4,7,11-12,14H,5-6,8,13H2,1H3. The number of thioether (sulfide) groups is 1. The maximum atomic E-state index is 5.74. The molecule has 3 N–H and O–H groups in total. The summed E-state index contributed by atoms with van der Waals surface area (Å²) in [4.78, 5) is 0. The highest BCUT2D eigenvalue weighted by Crippen LogP contribution is 2.30. The molecule has 1 aromatic rings. The van der Waals surface area contributed by atoms with Gasteiger partial charge < -0.3 is 11.1 Å². The van der Waals surface area contributed by atoms with E-state index in [1.54, 1.807) is 0 Å². The first-order valence-corrected chi connectivity index (χ1v) is 6.71. The van der Waals surface area contributed by atoms with Crippen molar-refractivity contribution in [3.8, 4) is 0 Å². The van der Waals surface area contributed by atoms with Crippen molar-refractivity contribution in [1.82, 2.24) is 0 Å². The van der Waals surface area contributed by atoms with Crippen LogP contribution in [0.2, 0.25) is 0 Å². The van der Waals surface area contributed by atoms with E-state index in [0.29, 0.717) is 6.04 Å². The number of nitrogen functional groups attached to an aromatic ring is 1. The van der Waals surface area contributed by atoms with Gasteiger partial charge in [-0.3, -0.25) is 0 Å². The monoisotopic (exact) mass is 222 g/mol. The number of hydrogen-bond donors (Lipinski definition) is 2. The Morgan fingerprint density at radius 1 is 1.40 bits per heavy atom. The van der Waals surface area contributed by atoms with Gasteiger partial charge in [0.15, 0.2) is 0 Å². The Hall–Kier alpha value is -0.830. The Bertz CT molecular complexity index is 327. The molecule has 1 aliphatic carbocycles. The second kappa shape index (κ2) is 4.79. The lowest BCUT2D eigenvalue weighted by Gasteiger charge is -2.14. The number of anilines is 2. The SMILES string of the molecule is CSC1CCC(Nc2cccc(N)c2)C1. The smallest absolute Gasteiger partial charge is 0.0362 e. The van der Waals surface area contributed by atoms with Crippen LogP contribution in [0.3, 0.4) is 0 Å². The maximum absolute atomic E-state index is 5.74. The second-order valence-electron chi connectivity index (χ2n) is 4.14. The first kappa shape index (κ1) is 10.7. The summed E-state index contributed by atoms with van der Waals surface area (Å²) < 4.78 is 0. The van der Waals surface area contributed by atoms with Crippen LogP contribution in [0.1, 0.15) is 19.3 Å². The molecule has 1 saturated carbocycles. The van der Waals surface area contributed by atoms with E-state index in [4.69, 9.17) is 5.73 Å². The van der Waals surface area contributed by atoms with Gasteiger partial charge in [0.05, 0.1) is 0 Å². The molecule has 1 aliphatic rings. The van der Waals surface area contributed by atoms with Crippen molar-refractivity contribution in [2.45, 2.75) is 30.6 Å². The zero-order valence-corrected chi connectivity index (χ0v) is 9.89. The van der Waals surface area contributed by atoms with Crippen LogP contribution < -0.4 is 11.1 Å². The van der Waals surface area contributed by atoms with E-state index in [0.717, 1.165) is 16.6 Å². The largest absolute Gasteiger partial charge is 0.399 e. The van der Waals surface area contributed by atoms with Crippen molar-refractivity contribution >= 4 is 23.1 Å². The molecule has 0 saturated heterocycles. The molecule has 1 fully saturated rings. The molecule has 2 rings (SSSR count). The quantitative estimate of drug-likeness (QED) is 0.772. The fraction of sp³-hybridized carbons (Fsp3) is 0.500. The molecule has 0 spiro atoms. The van der Waals surface area contributed by atoms with Gasteiger partial charge in [-0.15, -0.1) is 0 Å². The topological polar surface area (TPSA) is 38.0 Å². The second-order valence-corrected chi connectivity index (χ2v) is 5.28. The number of nitrogens with one attached hydrogen (secondary N) is 1. The van der Waals surface area contributed by atoms with Gasteiger partial charge in [-0.2, -0.15) is 11.8 Å². The Morgan fingerprint density at radius 3 is 2.93 bits per heavy atom. The molecule has 82 valence electrons. The first-order chi connectivity index (χ1) is 7.28. The summed E-state index contributed by atoms with van der Waals surface area (Å²) in [5.74, 6) is 0. The highest BCUT2D eigenvalue weighted by Gasteiger charge is 2.23. The van der Waals surface area contributed by atoms with Crippen LogP contribution >= 0.6 is 11.8 Å². The van der Waals surface area contributed by atoms with Crippen LogP contribution in [0, 0.1) is 0 Å². The number of hydrogen-bond acceptors (Lipinski definition) is 3. The van der Waals surface area contributed by atoms with Crippen LogP contribution in [0.4, 0.5) is 11.4 Å². The lowest BCUT2D eigenvalue weighted by molar-refractivity contribution is 0.757. The summed E-state index contributed by atoms with van der Waals surface area (Å²) in [7, 11) is 0. The van der Waals surface area contributed by atoms with Crippen LogP contribution in [0.25, 0.3) is 0 Å². The van der Waals surface area contributed by atoms with Gasteiger partial charge in [0.2, 0.25) is 0 Å². The third kappa shape index (κ3) is 2.81. The summed E-state index contributed by atoms with van der Waals surface area (Å²) in [5.41, 5.74) is 7.73. The summed E-state index contributed by atoms with van der Waals surface area (Å²) in [5, 5.41) is 4.39. The zero-order chi connectivity index (χ0) is 10.7. The van der Waals surface area contributed by atoms with E-state index < -0.39 is 0 Å². The van der Waals surface area contributed by atoms with Crippen LogP contribution in [-0.2, 0) is 0 Å². The van der Waals surface area contributed by atoms with Crippen LogP contribution in [-0.4, -0.2) is 17.5 Å². The summed E-state index contributed by atoms with van der Waals surface area (Å²) >= 11 is 1.99. The van der Waals surface area contributed by atoms with E-state index >= 15 is 0 Å². The maximum Gasteiger partial charge on any atom is 0.0362 e. The van der Waals surface area contributed by atoms with E-state index in [-0.39, 0.29) is 0 Å². The first-order valence-electron chi connectivity index (χ1n) is 5.43. The third-order valence-electron chi connectivity index (χ3n) is 2.98. The van der Waals surface area contributed by atoms with Crippen molar-refractivity contribution in [2.75, 3.05) is 17.3 Å². The molecule has 2 atom stereocenters. The highest BCUT2D eigenvalue weighted by molar-refractivity contribution is 7.99. The molecule has 15 heavy (non-hydrogen) atoms. The molecule has 2 nitrogen and oxygen atoms in total. The van der Waals surface area contributed by atoms with Gasteiger partial charge >= 0.3 is 0 Å². The molecular weight excluding hydrogens is 204 g/mol. The van der Waals surface area contributed by atoms with Crippen molar-refractivity contribution in [3.05, 3.63) is 24.3 Å². The molecule has 1 aromatic carbocycles. The van der Waals surface area contributed by atoms with Crippen molar-refractivity contribution in [3.63, 3.8) is 0 Å². The van der Waals surface area contributed by atoms with E-state index in [1.807, 2.05) is 30.0 Å². The Morgan fingerprint density at radius 2 is 2.27 bits per heavy atom. The Labute approximate surface area is 95.6 Å². The average molecular weight is 222 g/mol. The summed E-state index contributed by atoms with van der Waals surface area (Å²) in [6, 6.07) is 8.64. The fourth-order valence-corrected chi connectivity index (χ4v) is 2.95. The minimum Gasteiger partial charge on any atom is -0.399 e. The van der Waals surface area contributed by atoms with Gasteiger partial charge in [-0.25, -0.2) is 0 Å². The lowest BCUT2D eigenvalue weighted by atomic mass is 10.2. The molecule has 0 radical (unpaired) electrons. The predicted molar refractivity (Wildman–Crippen MR) is 69.4 cm³/mol. The van der Waals surface area contributed by atoms with Crippen molar-refractivity contribution in [1.29, 1.82) is 0 Å². The van der Waals surface area contributed by atoms with Gasteiger partial charge in [0.25, 0.3) is 0 Å². The normalized spacial score (nSPS) is 25.4. The van der Waals surface area contributed by atoms with Gasteiger partial charge in [-0.05, 0) is 43.7 Å². The van der Waals surface area contributed by atoms with E-state index in [2.05, 4.69) is 17.6 Å². The van der Waals surface area contributed by atoms with Crippen molar-refractivity contribution in [2.24, 2.45) is 0 Å². The van der Waals surface area contributed by atoms with Gasteiger partial charge in [-0.1, -0.05) is 6.07 Å². The molecule has 3 heteroatoms. The predicted octanol–water partition coefficient (Wildman–Crippen LogP) is 2.96. The summed E-state index contributed by atoms with van der Waals surface area (Å²) in [6.45, 7) is 0. The summed E-state index contributed by atoms with van der Waals surface area (Å²) in [6.07, 6.45) is 6.09. The molecule has 0 aliphatic heterocycles.